The summed E-state index contributed by atoms with van der Waals surface area (Å²) in [5.41, 5.74) is 6.11. The minimum absolute atomic E-state index is 0.0155. The summed E-state index contributed by atoms with van der Waals surface area (Å²) in [6.07, 6.45) is 4.01. The quantitative estimate of drug-likeness (QED) is 0.558. The van der Waals surface area contributed by atoms with Gasteiger partial charge in [0.05, 0.1) is 16.6 Å². The van der Waals surface area contributed by atoms with Crippen molar-refractivity contribution in [1.29, 1.82) is 0 Å². The molecule has 0 aliphatic rings. The summed E-state index contributed by atoms with van der Waals surface area (Å²) in [5.74, 6) is -0.787. The number of rotatable bonds is 8. The van der Waals surface area contributed by atoms with Crippen molar-refractivity contribution in [2.75, 3.05) is 17.6 Å². The zero-order valence-corrected chi connectivity index (χ0v) is 15.2. The third kappa shape index (κ3) is 4.78. The van der Waals surface area contributed by atoms with Crippen LogP contribution in [-0.4, -0.2) is 44.0 Å². The van der Waals surface area contributed by atoms with E-state index in [2.05, 4.69) is 32.5 Å². The number of nitrogens with two attached hydrogens (primary N) is 1. The third-order valence-corrected chi connectivity index (χ3v) is 4.03. The van der Waals surface area contributed by atoms with E-state index >= 15 is 0 Å². The number of anilines is 2. The Morgan fingerprint density at radius 1 is 1.35 bits per heavy atom. The fraction of sp³-hybridized carbons (Fsp3) is 0.471. The number of nitrogens with zero attached hydrogens (tertiary/aromatic N) is 3. The number of aromatic nitrogens is 3. The molecule has 0 fully saturated rings. The fourth-order valence-electron chi connectivity index (χ4n) is 2.61. The van der Waals surface area contributed by atoms with E-state index in [1.807, 2.05) is 6.92 Å². The highest BCUT2D eigenvalue weighted by Gasteiger charge is 2.26. The first-order valence-corrected chi connectivity index (χ1v) is 8.43. The van der Waals surface area contributed by atoms with Gasteiger partial charge in [-0.2, -0.15) is 4.98 Å². The topological polar surface area (TPSA) is 143 Å². The number of nitrogen functional groups attached to an aromatic ring is 1. The Kier molecular flexibility index (Phi) is 5.91. The van der Waals surface area contributed by atoms with Gasteiger partial charge in [-0.3, -0.25) is 4.79 Å². The molecule has 1 atom stereocenters. The van der Waals surface area contributed by atoms with Crippen LogP contribution in [0.25, 0.3) is 11.0 Å². The van der Waals surface area contributed by atoms with Gasteiger partial charge in [0.25, 0.3) is 0 Å². The first-order valence-electron chi connectivity index (χ1n) is 8.43. The minimum atomic E-state index is -1.09. The lowest BCUT2D eigenvalue weighted by Gasteiger charge is -2.32. The van der Waals surface area contributed by atoms with E-state index < -0.39 is 11.5 Å². The summed E-state index contributed by atoms with van der Waals surface area (Å²) in [5, 5.41) is 15.3. The van der Waals surface area contributed by atoms with Crippen LogP contribution >= 0.6 is 0 Å². The summed E-state index contributed by atoms with van der Waals surface area (Å²) in [4.78, 5) is 35.0. The Hall–Kier alpha value is -2.97. The Morgan fingerprint density at radius 2 is 2.08 bits per heavy atom. The number of carbonyl (C=O) groups is 2. The van der Waals surface area contributed by atoms with Crippen molar-refractivity contribution in [3.8, 4) is 0 Å². The standard InChI is InChI=1S/C17H24N6O3/c1-4-5-6-17(3,9-20-10(2)24)23-14-13-12(21-16(18)22-14)7-11(8-19-13)15(25)26/h7-8H,4-6,9H2,1-3H3,(H,20,24)(H,25,26)(H3,18,21,22,23)/t17-/m1/s1. The highest BCUT2D eigenvalue weighted by Crippen LogP contribution is 2.25. The lowest BCUT2D eigenvalue weighted by molar-refractivity contribution is -0.119. The van der Waals surface area contributed by atoms with Crippen LogP contribution in [0, 0.1) is 0 Å². The summed E-state index contributed by atoms with van der Waals surface area (Å²) in [6.45, 7) is 5.94. The molecule has 1 amide bonds. The molecule has 0 unspecified atom stereocenters. The van der Waals surface area contributed by atoms with Crippen molar-refractivity contribution in [3.63, 3.8) is 0 Å². The predicted molar refractivity (Wildman–Crippen MR) is 98.9 cm³/mol. The Labute approximate surface area is 151 Å². The SMILES string of the molecule is CCCC[C@](C)(CNC(C)=O)Nc1nc(N)nc2cc(C(=O)O)cnc12. The van der Waals surface area contributed by atoms with Crippen molar-refractivity contribution in [3.05, 3.63) is 17.8 Å². The number of unbranched alkanes of at least 4 members (excludes halogenated alkanes) is 1. The molecule has 0 bridgehead atoms. The van der Waals surface area contributed by atoms with Gasteiger partial charge >= 0.3 is 5.97 Å². The molecule has 0 spiro atoms. The van der Waals surface area contributed by atoms with E-state index in [4.69, 9.17) is 10.8 Å². The maximum atomic E-state index is 11.3. The number of carboxylic acid groups (broad SMARTS) is 1. The van der Waals surface area contributed by atoms with Gasteiger partial charge in [-0.15, -0.1) is 0 Å². The van der Waals surface area contributed by atoms with E-state index in [0.717, 1.165) is 19.3 Å². The number of fused-ring (bicyclic) bond motifs is 1. The average molecular weight is 360 g/mol. The lowest BCUT2D eigenvalue weighted by Crippen LogP contribution is -2.46. The number of carbonyl (C=O) groups excluding carboxylic acids is 1. The van der Waals surface area contributed by atoms with Crippen LogP contribution in [0.1, 0.15) is 50.4 Å². The highest BCUT2D eigenvalue weighted by molar-refractivity contribution is 5.94. The number of aromatic carboxylic acids is 1. The van der Waals surface area contributed by atoms with Crippen molar-refractivity contribution in [1.82, 2.24) is 20.3 Å². The van der Waals surface area contributed by atoms with Gasteiger partial charge in [0.1, 0.15) is 5.52 Å². The van der Waals surface area contributed by atoms with E-state index in [0.29, 0.717) is 23.4 Å². The van der Waals surface area contributed by atoms with Crippen molar-refractivity contribution >= 4 is 34.7 Å². The fourth-order valence-corrected chi connectivity index (χ4v) is 2.61. The number of hydrogen-bond donors (Lipinski definition) is 4. The lowest BCUT2D eigenvalue weighted by atomic mass is 9.94. The van der Waals surface area contributed by atoms with Crippen LogP contribution in [0.4, 0.5) is 11.8 Å². The smallest absolute Gasteiger partial charge is 0.337 e. The minimum Gasteiger partial charge on any atom is -0.478 e. The summed E-state index contributed by atoms with van der Waals surface area (Å²) < 4.78 is 0. The van der Waals surface area contributed by atoms with Gasteiger partial charge in [-0.1, -0.05) is 19.8 Å². The van der Waals surface area contributed by atoms with E-state index in [9.17, 15) is 9.59 Å². The van der Waals surface area contributed by atoms with Crippen LogP contribution in [0.3, 0.4) is 0 Å². The zero-order chi connectivity index (χ0) is 19.3. The van der Waals surface area contributed by atoms with Gasteiger partial charge in [-0.25, -0.2) is 14.8 Å². The highest BCUT2D eigenvalue weighted by atomic mass is 16.4. The number of amides is 1. The van der Waals surface area contributed by atoms with Crippen LogP contribution in [-0.2, 0) is 4.79 Å². The first kappa shape index (κ1) is 19.4. The largest absolute Gasteiger partial charge is 0.478 e. The summed E-state index contributed by atoms with van der Waals surface area (Å²) >= 11 is 0. The van der Waals surface area contributed by atoms with Crippen molar-refractivity contribution in [2.24, 2.45) is 0 Å². The molecule has 0 aliphatic heterocycles. The molecule has 2 rings (SSSR count). The van der Waals surface area contributed by atoms with Gasteiger partial charge in [0, 0.05) is 19.7 Å². The molecule has 0 aliphatic carbocycles. The van der Waals surface area contributed by atoms with Crippen LogP contribution in [0.15, 0.2) is 12.3 Å². The van der Waals surface area contributed by atoms with Crippen LogP contribution in [0.2, 0.25) is 0 Å². The van der Waals surface area contributed by atoms with E-state index in [1.165, 1.54) is 19.2 Å². The molecule has 0 saturated carbocycles. The molecule has 0 aromatic carbocycles. The molecule has 5 N–H and O–H groups in total. The maximum absolute atomic E-state index is 11.3. The van der Waals surface area contributed by atoms with Crippen molar-refractivity contribution in [2.45, 2.75) is 45.6 Å². The number of nitrogens with one attached hydrogen (secondary N) is 2. The maximum Gasteiger partial charge on any atom is 0.337 e. The average Bonchev–Trinajstić information content (AvgIpc) is 2.57. The van der Waals surface area contributed by atoms with E-state index in [1.54, 1.807) is 0 Å². The molecule has 9 heteroatoms. The summed E-state index contributed by atoms with van der Waals surface area (Å²) in [6, 6.07) is 1.41. The Balaban J connectivity index is 2.42. The molecule has 2 heterocycles. The molecular formula is C17H24N6O3. The Bertz CT molecular complexity index is 825. The number of hydrogen-bond acceptors (Lipinski definition) is 7. The van der Waals surface area contributed by atoms with E-state index in [-0.39, 0.29) is 17.4 Å². The molecule has 0 saturated heterocycles. The second kappa shape index (κ2) is 7.94. The summed E-state index contributed by atoms with van der Waals surface area (Å²) in [7, 11) is 0. The van der Waals surface area contributed by atoms with Crippen LogP contribution < -0.4 is 16.4 Å². The molecule has 140 valence electrons. The van der Waals surface area contributed by atoms with Gasteiger partial charge < -0.3 is 21.5 Å². The zero-order valence-electron chi connectivity index (χ0n) is 15.2. The Morgan fingerprint density at radius 3 is 2.69 bits per heavy atom. The van der Waals surface area contributed by atoms with Gasteiger partial charge in [0.15, 0.2) is 5.82 Å². The first-order chi connectivity index (χ1) is 12.2. The molecular weight excluding hydrogens is 336 g/mol. The third-order valence-electron chi connectivity index (χ3n) is 4.03. The number of pyridine rings is 1. The molecule has 9 nitrogen and oxygen atoms in total. The molecule has 2 aromatic rings. The molecule has 2 aromatic heterocycles. The normalized spacial score (nSPS) is 13.2. The molecule has 0 radical (unpaired) electrons. The van der Waals surface area contributed by atoms with Crippen molar-refractivity contribution < 1.29 is 14.7 Å². The second-order valence-corrected chi connectivity index (χ2v) is 6.53. The number of carboxylic acids is 1. The van der Waals surface area contributed by atoms with Crippen LogP contribution in [0.5, 0.6) is 0 Å². The van der Waals surface area contributed by atoms with Gasteiger partial charge in [-0.05, 0) is 19.4 Å². The van der Waals surface area contributed by atoms with Gasteiger partial charge in [0.2, 0.25) is 11.9 Å². The monoisotopic (exact) mass is 360 g/mol. The second-order valence-electron chi connectivity index (χ2n) is 6.53. The predicted octanol–water partition coefficient (Wildman–Crippen LogP) is 1.80. The molecule has 26 heavy (non-hydrogen) atoms.